The Morgan fingerprint density at radius 1 is 1.31 bits per heavy atom. The van der Waals surface area contributed by atoms with Gasteiger partial charge in [-0.15, -0.1) is 0 Å². The van der Waals surface area contributed by atoms with Crippen LogP contribution >= 0.6 is 11.8 Å². The monoisotopic (exact) mass is 244 g/mol. The summed E-state index contributed by atoms with van der Waals surface area (Å²) >= 11 is 2.13. The third-order valence-corrected chi connectivity index (χ3v) is 5.41. The second-order valence-electron chi connectivity index (χ2n) is 6.24. The molecule has 16 heavy (non-hydrogen) atoms. The van der Waals surface area contributed by atoms with Gasteiger partial charge in [0.2, 0.25) is 0 Å². The van der Waals surface area contributed by atoms with Crippen LogP contribution in [0.5, 0.6) is 0 Å². The van der Waals surface area contributed by atoms with Crippen molar-refractivity contribution in [3.8, 4) is 0 Å². The lowest BCUT2D eigenvalue weighted by atomic mass is 9.75. The molecule has 0 aliphatic carbocycles. The fourth-order valence-corrected chi connectivity index (χ4v) is 3.18. The van der Waals surface area contributed by atoms with Crippen LogP contribution in [0.15, 0.2) is 0 Å². The van der Waals surface area contributed by atoms with Crippen LogP contribution in [0.1, 0.15) is 41.0 Å². The molecule has 2 N–H and O–H groups in total. The Morgan fingerprint density at radius 3 is 2.44 bits per heavy atom. The average molecular weight is 244 g/mol. The first-order chi connectivity index (χ1) is 7.26. The van der Waals surface area contributed by atoms with E-state index in [0.717, 1.165) is 11.8 Å². The maximum atomic E-state index is 6.27. The predicted molar refractivity (Wildman–Crippen MR) is 75.0 cm³/mol. The van der Waals surface area contributed by atoms with Crippen molar-refractivity contribution in [3.05, 3.63) is 0 Å². The molecular formula is C13H28N2S. The van der Waals surface area contributed by atoms with Gasteiger partial charge in [0, 0.05) is 36.2 Å². The van der Waals surface area contributed by atoms with E-state index in [1.54, 1.807) is 0 Å². The van der Waals surface area contributed by atoms with Crippen molar-refractivity contribution in [2.45, 2.75) is 51.8 Å². The fourth-order valence-electron chi connectivity index (χ4n) is 1.93. The maximum absolute atomic E-state index is 6.27. The van der Waals surface area contributed by atoms with Crippen molar-refractivity contribution >= 4 is 11.8 Å². The van der Waals surface area contributed by atoms with Crippen molar-refractivity contribution in [2.75, 3.05) is 25.4 Å². The van der Waals surface area contributed by atoms with E-state index in [1.165, 1.54) is 25.3 Å². The summed E-state index contributed by atoms with van der Waals surface area (Å²) in [6, 6.07) is 0. The van der Waals surface area contributed by atoms with Gasteiger partial charge in [-0.3, -0.25) is 0 Å². The summed E-state index contributed by atoms with van der Waals surface area (Å²) in [7, 11) is 0. The molecule has 3 heteroatoms. The standard InChI is InChI=1S/C13H28N2S/c1-6-11-9-15(7-8-16-11)10-12(2,3)13(4,5)14/h11H,6-10,14H2,1-5H3. The molecule has 2 nitrogen and oxygen atoms in total. The number of hydrogen-bond donors (Lipinski definition) is 1. The Kier molecular flexibility index (Phi) is 4.73. The molecule has 1 atom stereocenters. The average Bonchev–Trinajstić information content (AvgIpc) is 2.15. The molecule has 1 aliphatic rings. The molecule has 0 radical (unpaired) electrons. The van der Waals surface area contributed by atoms with Gasteiger partial charge in [-0.1, -0.05) is 20.8 Å². The van der Waals surface area contributed by atoms with Crippen LogP contribution in [-0.4, -0.2) is 41.1 Å². The summed E-state index contributed by atoms with van der Waals surface area (Å²) in [4.78, 5) is 2.60. The van der Waals surface area contributed by atoms with Crippen LogP contribution < -0.4 is 5.73 Å². The maximum Gasteiger partial charge on any atom is 0.0172 e. The van der Waals surface area contributed by atoms with Crippen LogP contribution in [0, 0.1) is 5.41 Å². The first-order valence-corrected chi connectivity index (χ1v) is 7.44. The summed E-state index contributed by atoms with van der Waals surface area (Å²) in [5.74, 6) is 1.28. The molecule has 1 heterocycles. The minimum absolute atomic E-state index is 0.112. The predicted octanol–water partition coefficient (Wildman–Crippen LogP) is 2.58. The summed E-state index contributed by atoms with van der Waals surface area (Å²) in [5.41, 5.74) is 6.33. The third-order valence-electron chi connectivity index (χ3n) is 4.04. The van der Waals surface area contributed by atoms with Crippen molar-refractivity contribution in [1.82, 2.24) is 4.90 Å². The molecule has 1 fully saturated rings. The molecule has 0 aromatic rings. The van der Waals surface area contributed by atoms with Gasteiger partial charge in [-0.25, -0.2) is 0 Å². The van der Waals surface area contributed by atoms with E-state index in [4.69, 9.17) is 5.73 Å². The van der Waals surface area contributed by atoms with Gasteiger partial charge in [0.15, 0.2) is 0 Å². The molecule has 0 aromatic heterocycles. The van der Waals surface area contributed by atoms with Crippen molar-refractivity contribution in [2.24, 2.45) is 11.1 Å². The molecule has 0 bridgehead atoms. The third kappa shape index (κ3) is 3.64. The first kappa shape index (κ1) is 14.3. The van der Waals surface area contributed by atoms with Crippen LogP contribution in [0.3, 0.4) is 0 Å². The van der Waals surface area contributed by atoms with E-state index >= 15 is 0 Å². The Morgan fingerprint density at radius 2 is 1.94 bits per heavy atom. The fraction of sp³-hybridized carbons (Fsp3) is 1.00. The van der Waals surface area contributed by atoms with Gasteiger partial charge in [-0.05, 0) is 25.7 Å². The SMILES string of the molecule is CCC1CN(CC(C)(C)C(C)(C)N)CCS1. The molecule has 0 aromatic carbocycles. The number of hydrogen-bond acceptors (Lipinski definition) is 3. The quantitative estimate of drug-likeness (QED) is 0.824. The summed E-state index contributed by atoms with van der Waals surface area (Å²) in [5, 5.41) is 0.824. The largest absolute Gasteiger partial charge is 0.325 e. The van der Waals surface area contributed by atoms with Crippen LogP contribution in [0.2, 0.25) is 0 Å². The Balaban J connectivity index is 2.53. The molecule has 96 valence electrons. The number of nitrogens with two attached hydrogens (primary N) is 1. The van der Waals surface area contributed by atoms with Gasteiger partial charge in [0.1, 0.15) is 0 Å². The lowest BCUT2D eigenvalue weighted by Crippen LogP contribution is -2.54. The smallest absolute Gasteiger partial charge is 0.0172 e. The Bertz CT molecular complexity index is 220. The Labute approximate surface area is 105 Å². The molecule has 1 saturated heterocycles. The van der Waals surface area contributed by atoms with Gasteiger partial charge in [-0.2, -0.15) is 11.8 Å². The van der Waals surface area contributed by atoms with Crippen LogP contribution in [-0.2, 0) is 0 Å². The minimum atomic E-state index is -0.112. The van der Waals surface area contributed by atoms with Gasteiger partial charge in [0.05, 0.1) is 0 Å². The molecule has 0 amide bonds. The molecule has 1 rings (SSSR count). The highest BCUT2D eigenvalue weighted by Gasteiger charge is 2.35. The van der Waals surface area contributed by atoms with Crippen molar-refractivity contribution in [3.63, 3.8) is 0 Å². The first-order valence-electron chi connectivity index (χ1n) is 6.39. The highest BCUT2D eigenvalue weighted by Crippen LogP contribution is 2.31. The van der Waals surface area contributed by atoms with Gasteiger partial charge in [0.25, 0.3) is 0 Å². The topological polar surface area (TPSA) is 29.3 Å². The van der Waals surface area contributed by atoms with E-state index in [-0.39, 0.29) is 11.0 Å². The highest BCUT2D eigenvalue weighted by molar-refractivity contribution is 8.00. The molecule has 0 spiro atoms. The van der Waals surface area contributed by atoms with E-state index < -0.39 is 0 Å². The zero-order valence-corrected chi connectivity index (χ0v) is 12.4. The van der Waals surface area contributed by atoms with Crippen molar-refractivity contribution in [1.29, 1.82) is 0 Å². The van der Waals surface area contributed by atoms with E-state index in [9.17, 15) is 0 Å². The zero-order chi connectivity index (χ0) is 12.4. The second kappa shape index (κ2) is 5.28. The van der Waals surface area contributed by atoms with Gasteiger partial charge >= 0.3 is 0 Å². The van der Waals surface area contributed by atoms with E-state index in [1.807, 2.05) is 0 Å². The van der Waals surface area contributed by atoms with E-state index in [2.05, 4.69) is 51.3 Å². The summed E-state index contributed by atoms with van der Waals surface area (Å²) in [6.07, 6.45) is 1.29. The zero-order valence-electron chi connectivity index (χ0n) is 11.5. The normalized spacial score (nSPS) is 24.8. The number of thioether (sulfide) groups is 1. The lowest BCUT2D eigenvalue weighted by Gasteiger charge is -2.44. The van der Waals surface area contributed by atoms with Crippen LogP contribution in [0.25, 0.3) is 0 Å². The number of nitrogens with zero attached hydrogens (tertiary/aromatic N) is 1. The summed E-state index contributed by atoms with van der Waals surface area (Å²) < 4.78 is 0. The minimum Gasteiger partial charge on any atom is -0.325 e. The number of rotatable bonds is 4. The van der Waals surface area contributed by atoms with Crippen molar-refractivity contribution < 1.29 is 0 Å². The lowest BCUT2D eigenvalue weighted by molar-refractivity contribution is 0.115. The van der Waals surface area contributed by atoms with E-state index in [0.29, 0.717) is 0 Å². The molecule has 1 unspecified atom stereocenters. The molecule has 0 saturated carbocycles. The molecular weight excluding hydrogens is 216 g/mol. The molecule has 1 aliphatic heterocycles. The second-order valence-corrected chi connectivity index (χ2v) is 7.65. The highest BCUT2D eigenvalue weighted by atomic mass is 32.2. The van der Waals surface area contributed by atoms with Crippen LogP contribution in [0.4, 0.5) is 0 Å². The Hall–Kier alpha value is 0.270. The summed E-state index contributed by atoms with van der Waals surface area (Å²) in [6.45, 7) is 14.7. The van der Waals surface area contributed by atoms with Gasteiger partial charge < -0.3 is 10.6 Å².